The highest BCUT2D eigenvalue weighted by atomic mass is 19.1. The Hall–Kier alpha value is -4.96. The van der Waals surface area contributed by atoms with E-state index in [2.05, 4.69) is 33.2 Å². The van der Waals surface area contributed by atoms with Crippen molar-refractivity contribution < 1.29 is 22.8 Å². The van der Waals surface area contributed by atoms with E-state index in [1.807, 2.05) is 13.0 Å². The van der Waals surface area contributed by atoms with Crippen LogP contribution in [0.4, 0.5) is 20.6 Å². The molecule has 1 aliphatic heterocycles. The number of amides is 1. The fourth-order valence-corrected chi connectivity index (χ4v) is 6.21. The first-order chi connectivity index (χ1) is 22.3. The van der Waals surface area contributed by atoms with Gasteiger partial charge < -0.3 is 28.8 Å². The lowest BCUT2D eigenvalue weighted by atomic mass is 9.97. The topological polar surface area (TPSA) is 153 Å². The number of nitrogens with zero attached hydrogens (tertiary/aromatic N) is 5. The maximum Gasteiger partial charge on any atom is 0.519 e. The van der Waals surface area contributed by atoms with Crippen molar-refractivity contribution in [3.63, 3.8) is 0 Å². The van der Waals surface area contributed by atoms with Gasteiger partial charge in [0.15, 0.2) is 5.76 Å². The van der Waals surface area contributed by atoms with Crippen LogP contribution >= 0.6 is 0 Å². The van der Waals surface area contributed by atoms with Gasteiger partial charge in [-0.3, -0.25) is 9.89 Å². The normalized spacial score (nSPS) is 17.3. The molecule has 0 aliphatic carbocycles. The molecule has 0 bridgehead atoms. The second-order valence-electron chi connectivity index (χ2n) is 12.7. The Kier molecular flexibility index (Phi) is 9.27. The van der Waals surface area contributed by atoms with Gasteiger partial charge in [-0.05, 0) is 59.5 Å². The van der Waals surface area contributed by atoms with Crippen LogP contribution in [0.3, 0.4) is 0 Å². The summed E-state index contributed by atoms with van der Waals surface area (Å²) < 4.78 is 31.5. The molecule has 0 unspecified atom stereocenters. The number of aromatic amines is 1. The minimum Gasteiger partial charge on any atom is -0.443 e. The van der Waals surface area contributed by atoms with E-state index < -0.39 is 23.3 Å². The predicted molar refractivity (Wildman–Crippen MR) is 180 cm³/mol. The maximum absolute atomic E-state index is 15.8. The fourth-order valence-electron chi connectivity index (χ4n) is 6.21. The summed E-state index contributed by atoms with van der Waals surface area (Å²) >= 11 is 0. The molecule has 0 radical (unpaired) electrons. The highest BCUT2D eigenvalue weighted by Crippen LogP contribution is 2.45. The quantitative estimate of drug-likeness (QED) is 0.218. The lowest BCUT2D eigenvalue weighted by molar-refractivity contribution is 0.0589. The molecule has 2 atom stereocenters. The number of nitriles is 1. The molecule has 1 fully saturated rings. The largest absolute Gasteiger partial charge is 0.519 e. The summed E-state index contributed by atoms with van der Waals surface area (Å²) in [6, 6.07) is 3.24. The van der Waals surface area contributed by atoms with Gasteiger partial charge in [-0.15, -0.1) is 0 Å². The van der Waals surface area contributed by atoms with Crippen LogP contribution in [0.25, 0.3) is 27.5 Å². The number of anilines is 2. The summed E-state index contributed by atoms with van der Waals surface area (Å²) in [5, 5.41) is 14.5. The van der Waals surface area contributed by atoms with E-state index in [9.17, 15) is 14.9 Å². The summed E-state index contributed by atoms with van der Waals surface area (Å²) in [5.41, 5.74) is 2.51. The predicted octanol–water partition coefficient (Wildman–Crippen LogP) is 6.06. The number of nitrogens with one attached hydrogen (secondary N) is 2. The molecule has 12 nitrogen and oxygen atoms in total. The number of benzene rings is 1. The Balaban J connectivity index is 1.66. The molecule has 1 saturated heterocycles. The standard InChI is InChI=1S/C34H40FN7O5/c1-9-20(14-37-7)23-16-39-31-28(30(23)42-11-10-21(18(42)2)15-38-17-26-19(3)45-33(44)46-26)27-22(13-36)24(35)12-25(29(27)40-31)41(8)32(43)47-34(4,5)6/h9,12,14,16,18,21,38H,10-11,15,17H2,1-8H3,(H,39,40)/b20-9+,37-14?/t18-,21+/m1/s1. The molecule has 1 amide bonds. The van der Waals surface area contributed by atoms with Crippen LogP contribution in [0.2, 0.25) is 0 Å². The van der Waals surface area contributed by atoms with E-state index in [1.54, 1.807) is 47.2 Å². The van der Waals surface area contributed by atoms with Crippen LogP contribution in [-0.2, 0) is 11.3 Å². The van der Waals surface area contributed by atoms with Crippen molar-refractivity contribution in [1.82, 2.24) is 15.3 Å². The van der Waals surface area contributed by atoms with E-state index in [0.29, 0.717) is 53.1 Å². The number of halogens is 1. The van der Waals surface area contributed by atoms with Gasteiger partial charge in [0.25, 0.3) is 0 Å². The molecule has 47 heavy (non-hydrogen) atoms. The third kappa shape index (κ3) is 6.38. The zero-order valence-corrected chi connectivity index (χ0v) is 27.9. The molecule has 4 heterocycles. The molecule has 5 rings (SSSR count). The molecule has 13 heteroatoms. The smallest absolute Gasteiger partial charge is 0.443 e. The number of ether oxygens (including phenoxy) is 1. The minimum atomic E-state index is -0.772. The first-order valence-electron chi connectivity index (χ1n) is 15.5. The number of carbonyl (C=O) groups excluding carboxylic acids is 1. The zero-order valence-electron chi connectivity index (χ0n) is 27.9. The van der Waals surface area contributed by atoms with Crippen molar-refractivity contribution in [3.05, 3.63) is 57.4 Å². The van der Waals surface area contributed by atoms with Gasteiger partial charge in [-0.1, -0.05) is 6.08 Å². The highest BCUT2D eigenvalue weighted by molar-refractivity contribution is 6.22. The van der Waals surface area contributed by atoms with Crippen LogP contribution in [-0.4, -0.2) is 61.1 Å². The fraction of sp³-hybridized carbons (Fsp3) is 0.441. The SMILES string of the molecule is C/C=C(\C=NC)c1cnc2[nH]c3c(N(C)C(=O)OC(C)(C)C)cc(F)c(C#N)c3c2c1N1CC[C@@H](CNCc2oc(=O)oc2C)[C@H]1C. The van der Waals surface area contributed by atoms with Crippen LogP contribution < -0.4 is 20.9 Å². The Morgan fingerprint density at radius 2 is 2.11 bits per heavy atom. The van der Waals surface area contributed by atoms with Crippen molar-refractivity contribution >= 4 is 51.2 Å². The third-order valence-electron chi connectivity index (χ3n) is 8.56. The monoisotopic (exact) mass is 645 g/mol. The van der Waals surface area contributed by atoms with Crippen LogP contribution in [0.15, 0.2) is 37.0 Å². The number of aliphatic imine (C=N–C) groups is 1. The molecule has 1 aromatic carbocycles. The number of hydrogen-bond donors (Lipinski definition) is 2. The third-order valence-corrected chi connectivity index (χ3v) is 8.56. The average molecular weight is 646 g/mol. The molecule has 0 saturated carbocycles. The maximum atomic E-state index is 15.8. The van der Waals surface area contributed by atoms with E-state index in [1.165, 1.54) is 18.0 Å². The number of fused-ring (bicyclic) bond motifs is 3. The van der Waals surface area contributed by atoms with Crippen molar-refractivity contribution in [2.45, 2.75) is 66.2 Å². The lowest BCUT2D eigenvalue weighted by Gasteiger charge is -2.30. The molecule has 1 aliphatic rings. The number of allylic oxidation sites excluding steroid dienone is 2. The molecular weight excluding hydrogens is 605 g/mol. The van der Waals surface area contributed by atoms with Gasteiger partial charge in [0, 0.05) is 62.7 Å². The van der Waals surface area contributed by atoms with Gasteiger partial charge >= 0.3 is 11.9 Å². The Morgan fingerprint density at radius 1 is 1.36 bits per heavy atom. The van der Waals surface area contributed by atoms with E-state index >= 15 is 4.39 Å². The number of aromatic nitrogens is 2. The van der Waals surface area contributed by atoms with Crippen LogP contribution in [0, 0.1) is 30.0 Å². The van der Waals surface area contributed by atoms with Gasteiger partial charge in [-0.25, -0.2) is 19.0 Å². The van der Waals surface area contributed by atoms with Gasteiger partial charge in [0.1, 0.15) is 28.9 Å². The van der Waals surface area contributed by atoms with Crippen LogP contribution in [0.5, 0.6) is 0 Å². The number of pyridine rings is 1. The van der Waals surface area contributed by atoms with Crippen molar-refractivity contribution in [3.8, 4) is 6.07 Å². The first-order valence-corrected chi connectivity index (χ1v) is 15.5. The molecule has 0 spiro atoms. The average Bonchev–Trinajstić information content (AvgIpc) is 3.68. The molecule has 248 valence electrons. The summed E-state index contributed by atoms with van der Waals surface area (Å²) in [4.78, 5) is 40.4. The van der Waals surface area contributed by atoms with Gasteiger partial charge in [0.2, 0.25) is 0 Å². The van der Waals surface area contributed by atoms with E-state index in [-0.39, 0.29) is 23.2 Å². The van der Waals surface area contributed by atoms with Gasteiger partial charge in [-0.2, -0.15) is 5.26 Å². The van der Waals surface area contributed by atoms with Crippen molar-refractivity contribution in [2.75, 3.05) is 37.0 Å². The number of aryl methyl sites for hydroxylation is 1. The summed E-state index contributed by atoms with van der Waals surface area (Å²) in [5.74, 6) is -0.381. The molecule has 4 aromatic rings. The second kappa shape index (κ2) is 13.0. The lowest BCUT2D eigenvalue weighted by Crippen LogP contribution is -2.35. The number of carbonyl (C=O) groups is 1. The Labute approximate surface area is 271 Å². The van der Waals surface area contributed by atoms with E-state index in [4.69, 9.17) is 18.6 Å². The van der Waals surface area contributed by atoms with Crippen molar-refractivity contribution in [1.29, 1.82) is 5.26 Å². The molecular formula is C34H40FN7O5. The first kappa shape index (κ1) is 33.4. The molecule has 3 aromatic heterocycles. The highest BCUT2D eigenvalue weighted by Gasteiger charge is 2.35. The minimum absolute atomic E-state index is 0.00827. The number of H-pyrrole nitrogens is 1. The summed E-state index contributed by atoms with van der Waals surface area (Å²) in [6.45, 7) is 12.6. The number of rotatable bonds is 8. The Bertz CT molecular complexity index is 1990. The van der Waals surface area contributed by atoms with Crippen molar-refractivity contribution in [2.24, 2.45) is 10.9 Å². The summed E-state index contributed by atoms with van der Waals surface area (Å²) in [7, 11) is 3.19. The van der Waals surface area contributed by atoms with E-state index in [0.717, 1.165) is 23.2 Å². The zero-order chi connectivity index (χ0) is 34.2. The summed E-state index contributed by atoms with van der Waals surface area (Å²) in [6.07, 6.45) is 5.61. The van der Waals surface area contributed by atoms with Crippen LogP contribution in [0.1, 0.15) is 63.7 Å². The number of hydrogen-bond acceptors (Lipinski definition) is 10. The Morgan fingerprint density at radius 3 is 2.72 bits per heavy atom. The second-order valence-corrected chi connectivity index (χ2v) is 12.7. The molecule has 2 N–H and O–H groups in total. The van der Waals surface area contributed by atoms with Gasteiger partial charge in [0.05, 0.1) is 34.4 Å².